The third-order valence-corrected chi connectivity index (χ3v) is 3.88. The number of anilines is 1. The van der Waals surface area contributed by atoms with E-state index in [2.05, 4.69) is 0 Å². The molecule has 4 nitrogen and oxygen atoms in total. The van der Waals surface area contributed by atoms with E-state index in [1.807, 2.05) is 31.2 Å². The number of carbonyl (C=O) groups is 2. The molecule has 0 spiro atoms. The zero-order valence-corrected chi connectivity index (χ0v) is 12.7. The molecule has 0 aromatic heterocycles. The van der Waals surface area contributed by atoms with E-state index in [9.17, 15) is 14.0 Å². The monoisotopic (exact) mass is 313 g/mol. The van der Waals surface area contributed by atoms with Crippen molar-refractivity contribution in [3.05, 3.63) is 65.5 Å². The van der Waals surface area contributed by atoms with Crippen molar-refractivity contribution in [3.8, 4) is 0 Å². The molecular weight excluding hydrogens is 297 g/mol. The second kappa shape index (κ2) is 6.20. The van der Waals surface area contributed by atoms with Gasteiger partial charge in [-0.1, -0.05) is 18.2 Å². The molecule has 1 aliphatic heterocycles. The molecule has 1 atom stereocenters. The van der Waals surface area contributed by atoms with E-state index in [1.54, 1.807) is 4.90 Å². The largest absolute Gasteiger partial charge is 0.452 e. The van der Waals surface area contributed by atoms with Crippen molar-refractivity contribution in [1.29, 1.82) is 0 Å². The third-order valence-electron chi connectivity index (χ3n) is 3.88. The molecule has 0 unspecified atom stereocenters. The normalized spacial score (nSPS) is 16.1. The number of amides is 1. The fourth-order valence-corrected chi connectivity index (χ4v) is 2.81. The van der Waals surface area contributed by atoms with Crippen molar-refractivity contribution in [1.82, 2.24) is 0 Å². The number of hydrogen-bond donors (Lipinski definition) is 0. The highest BCUT2D eigenvalue weighted by Crippen LogP contribution is 2.31. The van der Waals surface area contributed by atoms with Gasteiger partial charge in [-0.25, -0.2) is 9.18 Å². The first-order chi connectivity index (χ1) is 11.1. The fourth-order valence-electron chi connectivity index (χ4n) is 2.81. The lowest BCUT2D eigenvalue weighted by Crippen LogP contribution is -2.38. The van der Waals surface area contributed by atoms with Crippen LogP contribution in [0.5, 0.6) is 0 Å². The molecule has 2 aromatic rings. The van der Waals surface area contributed by atoms with E-state index < -0.39 is 11.8 Å². The van der Waals surface area contributed by atoms with Gasteiger partial charge in [-0.15, -0.1) is 0 Å². The summed E-state index contributed by atoms with van der Waals surface area (Å²) < 4.78 is 17.9. The number of para-hydroxylation sites is 1. The van der Waals surface area contributed by atoms with E-state index in [0.29, 0.717) is 0 Å². The lowest BCUT2D eigenvalue weighted by molar-refractivity contribution is -0.122. The van der Waals surface area contributed by atoms with Crippen LogP contribution in [0.25, 0.3) is 0 Å². The van der Waals surface area contributed by atoms with Gasteiger partial charge in [0.05, 0.1) is 5.56 Å². The summed E-state index contributed by atoms with van der Waals surface area (Å²) >= 11 is 0. The van der Waals surface area contributed by atoms with Gasteiger partial charge in [-0.2, -0.15) is 0 Å². The Kier molecular flexibility index (Phi) is 4.10. The first kappa shape index (κ1) is 15.2. The summed E-state index contributed by atoms with van der Waals surface area (Å²) in [6.07, 6.45) is 0.786. The molecule has 0 aliphatic carbocycles. The first-order valence-electron chi connectivity index (χ1n) is 7.39. The summed E-state index contributed by atoms with van der Waals surface area (Å²) in [5.74, 6) is -1.34. The van der Waals surface area contributed by atoms with Crippen LogP contribution in [0.15, 0.2) is 48.5 Å². The lowest BCUT2D eigenvalue weighted by Gasteiger charge is -2.22. The highest BCUT2D eigenvalue weighted by molar-refractivity contribution is 5.99. The van der Waals surface area contributed by atoms with Crippen LogP contribution in [0.1, 0.15) is 22.8 Å². The number of nitrogens with zero attached hydrogens (tertiary/aromatic N) is 1. The van der Waals surface area contributed by atoms with Crippen LogP contribution in [-0.4, -0.2) is 24.5 Å². The Morgan fingerprint density at radius 1 is 1.17 bits per heavy atom. The van der Waals surface area contributed by atoms with Crippen LogP contribution >= 0.6 is 0 Å². The maximum absolute atomic E-state index is 12.8. The molecule has 0 radical (unpaired) electrons. The van der Waals surface area contributed by atoms with Gasteiger partial charge in [0.1, 0.15) is 5.82 Å². The van der Waals surface area contributed by atoms with E-state index in [-0.39, 0.29) is 24.1 Å². The van der Waals surface area contributed by atoms with Gasteiger partial charge >= 0.3 is 5.97 Å². The number of hydrogen-bond acceptors (Lipinski definition) is 3. The number of rotatable bonds is 3. The third kappa shape index (κ3) is 3.08. The highest BCUT2D eigenvalue weighted by Gasteiger charge is 2.30. The van der Waals surface area contributed by atoms with Crippen molar-refractivity contribution in [2.45, 2.75) is 19.4 Å². The van der Waals surface area contributed by atoms with E-state index in [1.165, 1.54) is 24.3 Å². The van der Waals surface area contributed by atoms with Crippen LogP contribution in [0.3, 0.4) is 0 Å². The van der Waals surface area contributed by atoms with Crippen molar-refractivity contribution in [2.24, 2.45) is 0 Å². The standard InChI is InChI=1S/C18H16FNO3/c1-12-10-14-4-2-3-5-16(14)20(12)17(21)11-23-18(22)13-6-8-15(19)9-7-13/h2-9,12H,10-11H2,1H3/t12-/m0/s1. The molecule has 1 heterocycles. The number of fused-ring (bicyclic) bond motifs is 1. The van der Waals surface area contributed by atoms with Crippen molar-refractivity contribution in [3.63, 3.8) is 0 Å². The van der Waals surface area contributed by atoms with Gasteiger partial charge in [-0.3, -0.25) is 4.79 Å². The zero-order chi connectivity index (χ0) is 16.4. The van der Waals surface area contributed by atoms with Gasteiger partial charge in [0.2, 0.25) is 0 Å². The molecular formula is C18H16FNO3. The smallest absolute Gasteiger partial charge is 0.338 e. The summed E-state index contributed by atoms with van der Waals surface area (Å²) in [4.78, 5) is 25.9. The van der Waals surface area contributed by atoms with E-state index in [0.717, 1.165) is 17.7 Å². The Balaban J connectivity index is 1.66. The molecule has 0 saturated carbocycles. The van der Waals surface area contributed by atoms with Crippen LogP contribution in [0, 0.1) is 5.82 Å². The van der Waals surface area contributed by atoms with E-state index in [4.69, 9.17) is 4.74 Å². The zero-order valence-electron chi connectivity index (χ0n) is 12.7. The van der Waals surface area contributed by atoms with Gasteiger partial charge in [0.25, 0.3) is 5.91 Å². The molecule has 0 bridgehead atoms. The second-order valence-corrected chi connectivity index (χ2v) is 5.53. The summed E-state index contributed by atoms with van der Waals surface area (Å²) in [5.41, 5.74) is 2.19. The highest BCUT2D eigenvalue weighted by atomic mass is 19.1. The Hall–Kier alpha value is -2.69. The van der Waals surface area contributed by atoms with Crippen LogP contribution in [0.2, 0.25) is 0 Å². The molecule has 3 rings (SSSR count). The summed E-state index contributed by atoms with van der Waals surface area (Å²) in [6.45, 7) is 1.62. The average molecular weight is 313 g/mol. The van der Waals surface area contributed by atoms with E-state index >= 15 is 0 Å². The first-order valence-corrected chi connectivity index (χ1v) is 7.39. The SMILES string of the molecule is C[C@H]1Cc2ccccc2N1C(=O)COC(=O)c1ccc(F)cc1. The molecule has 0 saturated heterocycles. The number of halogens is 1. The average Bonchev–Trinajstić information content (AvgIpc) is 2.88. The van der Waals surface area contributed by atoms with Gasteiger partial charge in [0, 0.05) is 11.7 Å². The number of ether oxygens (including phenoxy) is 1. The van der Waals surface area contributed by atoms with Gasteiger partial charge in [0.15, 0.2) is 6.61 Å². The summed E-state index contributed by atoms with van der Waals surface area (Å²) in [7, 11) is 0. The van der Waals surface area contributed by atoms with Crippen LogP contribution < -0.4 is 4.90 Å². The molecule has 5 heteroatoms. The van der Waals surface area contributed by atoms with Crippen molar-refractivity contribution in [2.75, 3.05) is 11.5 Å². The molecule has 118 valence electrons. The minimum atomic E-state index is -0.640. The molecule has 0 N–H and O–H groups in total. The minimum absolute atomic E-state index is 0.0319. The predicted molar refractivity (Wildman–Crippen MR) is 83.8 cm³/mol. The van der Waals surface area contributed by atoms with Gasteiger partial charge < -0.3 is 9.64 Å². The van der Waals surface area contributed by atoms with Crippen LogP contribution in [0.4, 0.5) is 10.1 Å². The Morgan fingerprint density at radius 3 is 2.61 bits per heavy atom. The van der Waals surface area contributed by atoms with Crippen molar-refractivity contribution >= 4 is 17.6 Å². The Morgan fingerprint density at radius 2 is 1.87 bits per heavy atom. The molecule has 0 fully saturated rings. The maximum Gasteiger partial charge on any atom is 0.338 e. The molecule has 1 aliphatic rings. The van der Waals surface area contributed by atoms with Crippen molar-refractivity contribution < 1.29 is 18.7 Å². The molecule has 2 aromatic carbocycles. The molecule has 23 heavy (non-hydrogen) atoms. The molecule has 1 amide bonds. The lowest BCUT2D eigenvalue weighted by atomic mass is 10.1. The summed E-state index contributed by atoms with van der Waals surface area (Å²) in [6, 6.07) is 12.7. The van der Waals surface area contributed by atoms with Gasteiger partial charge in [-0.05, 0) is 49.2 Å². The summed E-state index contributed by atoms with van der Waals surface area (Å²) in [5, 5.41) is 0. The number of esters is 1. The predicted octanol–water partition coefficient (Wildman–Crippen LogP) is 2.96. The quantitative estimate of drug-likeness (QED) is 0.819. The fraction of sp³-hybridized carbons (Fsp3) is 0.222. The number of benzene rings is 2. The second-order valence-electron chi connectivity index (χ2n) is 5.53. The number of carbonyl (C=O) groups excluding carboxylic acids is 2. The maximum atomic E-state index is 12.8. The van der Waals surface area contributed by atoms with Crippen LogP contribution in [-0.2, 0) is 16.0 Å². The Labute approximate surface area is 133 Å². The minimum Gasteiger partial charge on any atom is -0.452 e. The topological polar surface area (TPSA) is 46.6 Å². The Bertz CT molecular complexity index is 742.